The maximum Gasteiger partial charge on any atom is 0.251 e. The monoisotopic (exact) mass is 659 g/mol. The first-order valence-corrected chi connectivity index (χ1v) is 17.6. The van der Waals surface area contributed by atoms with Gasteiger partial charge in [0.2, 0.25) is 5.79 Å². The zero-order chi connectivity index (χ0) is 33.5. The molecule has 258 valence electrons. The molecule has 4 saturated heterocycles. The summed E-state index contributed by atoms with van der Waals surface area (Å²) in [6.07, 6.45) is 6.53. The third-order valence-corrected chi connectivity index (χ3v) is 11.1. The molecule has 9 atom stereocenters. The van der Waals surface area contributed by atoms with E-state index in [9.17, 15) is 4.79 Å². The van der Waals surface area contributed by atoms with Gasteiger partial charge in [-0.05, 0) is 87.6 Å². The molecular formula is C38H49N3O7. The zero-order valence-corrected chi connectivity index (χ0v) is 28.7. The second-order valence-electron chi connectivity index (χ2n) is 14.5. The molecule has 1 aromatic heterocycles. The van der Waals surface area contributed by atoms with E-state index in [4.69, 9.17) is 28.7 Å². The van der Waals surface area contributed by atoms with Crippen LogP contribution in [0.1, 0.15) is 82.1 Å². The van der Waals surface area contributed by atoms with Gasteiger partial charge in [0.25, 0.3) is 5.91 Å². The highest BCUT2D eigenvalue weighted by Crippen LogP contribution is 2.60. The molecule has 5 aliphatic rings. The maximum atomic E-state index is 12.9. The standard InChI is InChI=1S/C38H49N3O7/c1-23-10-15-31-25(3)35(45-36-38(31)30(23)16-17-37(4,46-36)47-48-38)44-22-26-11-13-27(14-12-26)34(42)40-19-6-8-24(2)41-32-21-29(43-5)20-28-9-7-18-39-33(28)32/h7,9,11-14,18,20-21,23-25,30-31,35-36,41H,6,8,10,15-17,19,22H2,1-5H3,(H,40,42)/t23-,24?,25-,30+,31+,35+,36-,37+,38-/m1/s1. The van der Waals surface area contributed by atoms with Crippen molar-refractivity contribution in [2.75, 3.05) is 19.0 Å². The molecule has 10 nitrogen and oxygen atoms in total. The number of carbonyl (C=O) groups excluding carboxylic acids is 1. The molecule has 1 amide bonds. The molecule has 5 fully saturated rings. The van der Waals surface area contributed by atoms with Crippen LogP contribution in [0.5, 0.6) is 5.75 Å². The Kier molecular flexibility index (Phi) is 9.38. The third kappa shape index (κ3) is 6.29. The highest BCUT2D eigenvalue weighted by molar-refractivity contribution is 5.94. The summed E-state index contributed by atoms with van der Waals surface area (Å²) in [5.41, 5.74) is 2.86. The van der Waals surface area contributed by atoms with Gasteiger partial charge in [-0.15, -0.1) is 0 Å². The van der Waals surface area contributed by atoms with Crippen LogP contribution in [0.25, 0.3) is 10.9 Å². The minimum absolute atomic E-state index is 0.0852. The van der Waals surface area contributed by atoms with Gasteiger partial charge in [-0.2, -0.15) is 0 Å². The zero-order valence-electron chi connectivity index (χ0n) is 28.7. The molecule has 1 unspecified atom stereocenters. The van der Waals surface area contributed by atoms with Gasteiger partial charge in [-0.25, -0.2) is 9.78 Å². The van der Waals surface area contributed by atoms with Crippen molar-refractivity contribution < 1.29 is 33.5 Å². The second kappa shape index (κ2) is 13.6. The molecule has 4 aliphatic heterocycles. The van der Waals surface area contributed by atoms with Crippen LogP contribution in [-0.4, -0.2) is 54.6 Å². The maximum absolute atomic E-state index is 12.9. The minimum atomic E-state index is -0.807. The Morgan fingerprint density at radius 1 is 1.08 bits per heavy atom. The first kappa shape index (κ1) is 33.2. The number of hydrogen-bond acceptors (Lipinski definition) is 9. The van der Waals surface area contributed by atoms with E-state index in [0.717, 1.165) is 66.4 Å². The summed E-state index contributed by atoms with van der Waals surface area (Å²) in [6.45, 7) is 9.54. The fourth-order valence-corrected chi connectivity index (χ4v) is 8.44. The van der Waals surface area contributed by atoms with Gasteiger partial charge in [0.05, 0.1) is 24.9 Å². The summed E-state index contributed by atoms with van der Waals surface area (Å²) in [7, 11) is 1.67. The number of hydrogen-bond donors (Lipinski definition) is 2. The van der Waals surface area contributed by atoms with Crippen molar-refractivity contribution in [3.8, 4) is 5.75 Å². The molecule has 2 N–H and O–H groups in total. The number of benzene rings is 2. The topological polar surface area (TPSA) is 109 Å². The average Bonchev–Trinajstić information content (AvgIpc) is 3.33. The Hall–Kier alpha value is -3.28. The van der Waals surface area contributed by atoms with Crippen LogP contribution in [0.15, 0.2) is 54.7 Å². The quantitative estimate of drug-likeness (QED) is 0.167. The lowest BCUT2D eigenvalue weighted by molar-refractivity contribution is -0.577. The van der Waals surface area contributed by atoms with E-state index in [1.807, 2.05) is 55.5 Å². The van der Waals surface area contributed by atoms with E-state index in [0.29, 0.717) is 30.6 Å². The van der Waals surface area contributed by atoms with Crippen molar-refractivity contribution in [1.29, 1.82) is 0 Å². The number of nitrogens with one attached hydrogen (secondary N) is 2. The van der Waals surface area contributed by atoms with E-state index in [1.54, 1.807) is 13.3 Å². The highest BCUT2D eigenvalue weighted by Gasteiger charge is 2.69. The number of ether oxygens (including phenoxy) is 4. The molecule has 8 rings (SSSR count). The van der Waals surface area contributed by atoms with Gasteiger partial charge < -0.3 is 29.6 Å². The molecule has 1 spiro atoms. The van der Waals surface area contributed by atoms with Crippen molar-refractivity contribution in [1.82, 2.24) is 10.3 Å². The van der Waals surface area contributed by atoms with Crippen LogP contribution in [0.4, 0.5) is 5.69 Å². The van der Waals surface area contributed by atoms with Gasteiger partial charge in [-0.3, -0.25) is 9.78 Å². The van der Waals surface area contributed by atoms with Gasteiger partial charge in [0.15, 0.2) is 18.2 Å². The van der Waals surface area contributed by atoms with E-state index < -0.39 is 24.0 Å². The van der Waals surface area contributed by atoms with Gasteiger partial charge >= 0.3 is 0 Å². The minimum Gasteiger partial charge on any atom is -0.497 e. The smallest absolute Gasteiger partial charge is 0.251 e. The Morgan fingerprint density at radius 3 is 2.73 bits per heavy atom. The third-order valence-electron chi connectivity index (χ3n) is 11.1. The number of fused-ring (bicyclic) bond motifs is 3. The van der Waals surface area contributed by atoms with Crippen LogP contribution in [-0.2, 0) is 30.6 Å². The van der Waals surface area contributed by atoms with Crippen LogP contribution >= 0.6 is 0 Å². The Balaban J connectivity index is 0.889. The summed E-state index contributed by atoms with van der Waals surface area (Å²) < 4.78 is 24.9. The fourth-order valence-electron chi connectivity index (χ4n) is 8.44. The summed E-state index contributed by atoms with van der Waals surface area (Å²) in [4.78, 5) is 29.6. The van der Waals surface area contributed by atoms with Crippen molar-refractivity contribution in [2.45, 2.75) is 103 Å². The summed E-state index contributed by atoms with van der Waals surface area (Å²) in [5, 5.41) is 7.65. The summed E-state index contributed by atoms with van der Waals surface area (Å²) in [5.74, 6) is 1.07. The van der Waals surface area contributed by atoms with Crippen LogP contribution in [0, 0.1) is 23.7 Å². The molecule has 10 heteroatoms. The summed E-state index contributed by atoms with van der Waals surface area (Å²) in [6, 6.07) is 15.7. The first-order valence-electron chi connectivity index (χ1n) is 17.6. The molecular weight excluding hydrogens is 610 g/mol. The molecule has 0 radical (unpaired) electrons. The molecule has 3 aromatic rings. The van der Waals surface area contributed by atoms with Gasteiger partial charge in [0.1, 0.15) is 5.75 Å². The Bertz CT molecular complexity index is 1600. The molecule has 48 heavy (non-hydrogen) atoms. The number of rotatable bonds is 11. The molecule has 1 aliphatic carbocycles. The van der Waals surface area contributed by atoms with Crippen molar-refractivity contribution in [3.63, 3.8) is 0 Å². The lowest BCUT2D eigenvalue weighted by Crippen LogP contribution is -2.70. The summed E-state index contributed by atoms with van der Waals surface area (Å²) >= 11 is 0. The van der Waals surface area contributed by atoms with Crippen LogP contribution in [0.3, 0.4) is 0 Å². The average molecular weight is 660 g/mol. The van der Waals surface area contributed by atoms with Crippen molar-refractivity contribution in [3.05, 3.63) is 65.9 Å². The van der Waals surface area contributed by atoms with Crippen molar-refractivity contribution >= 4 is 22.5 Å². The fraction of sp³-hybridized carbons (Fsp3) is 0.579. The number of nitrogens with zero attached hydrogens (tertiary/aromatic N) is 1. The lowest BCUT2D eigenvalue weighted by atomic mass is 9.58. The molecule has 2 bridgehead atoms. The second-order valence-corrected chi connectivity index (χ2v) is 14.5. The van der Waals surface area contributed by atoms with Gasteiger partial charge in [-0.1, -0.05) is 32.0 Å². The van der Waals surface area contributed by atoms with E-state index >= 15 is 0 Å². The normalized spacial score (nSPS) is 33.0. The SMILES string of the molecule is COc1cc(NC(C)CCCNC(=O)c2ccc(CO[C@H]3O[C@@H]4O[C@]5(C)CC[C@H]6[C@H](C)CC[C@@H]([C@H]3C)[C@@]46OO5)cc2)c2ncccc2c1. The predicted octanol–water partition coefficient (Wildman–Crippen LogP) is 6.98. The first-order chi connectivity index (χ1) is 23.2. The van der Waals surface area contributed by atoms with Gasteiger partial charge in [0, 0.05) is 54.1 Å². The van der Waals surface area contributed by atoms with E-state index in [2.05, 4.69) is 36.4 Å². The Morgan fingerprint density at radius 2 is 1.92 bits per heavy atom. The molecule has 1 saturated carbocycles. The van der Waals surface area contributed by atoms with Crippen LogP contribution < -0.4 is 15.4 Å². The number of methoxy groups -OCH3 is 1. The van der Waals surface area contributed by atoms with Crippen molar-refractivity contribution in [2.24, 2.45) is 23.7 Å². The number of anilines is 1. The number of carbonyl (C=O) groups is 1. The number of amides is 1. The highest BCUT2D eigenvalue weighted by atomic mass is 17.3. The molecule has 2 aromatic carbocycles. The van der Waals surface area contributed by atoms with E-state index in [1.165, 1.54) is 0 Å². The molecule has 5 heterocycles. The van der Waals surface area contributed by atoms with E-state index in [-0.39, 0.29) is 23.8 Å². The number of pyridine rings is 1. The predicted molar refractivity (Wildman–Crippen MR) is 181 cm³/mol. The lowest BCUT2D eigenvalue weighted by Gasteiger charge is -2.60. The number of aromatic nitrogens is 1. The Labute approximate surface area is 283 Å². The van der Waals surface area contributed by atoms with Crippen LogP contribution in [0.2, 0.25) is 0 Å². The largest absolute Gasteiger partial charge is 0.497 e.